The predicted octanol–water partition coefficient (Wildman–Crippen LogP) is 3.77. The molecule has 5 nitrogen and oxygen atoms in total. The highest BCUT2D eigenvalue weighted by Crippen LogP contribution is 2.18. The Morgan fingerprint density at radius 2 is 1.79 bits per heavy atom. The van der Waals surface area contributed by atoms with Gasteiger partial charge in [-0.05, 0) is 29.8 Å². The van der Waals surface area contributed by atoms with E-state index >= 15 is 0 Å². The first kappa shape index (κ1) is 16.2. The molecule has 122 valence electrons. The van der Waals surface area contributed by atoms with Crippen LogP contribution < -0.4 is 11.1 Å². The molecule has 2 aromatic carbocycles. The van der Waals surface area contributed by atoms with Gasteiger partial charge >= 0.3 is 0 Å². The third-order valence-corrected chi connectivity index (χ3v) is 4.12. The zero-order valence-electron chi connectivity index (χ0n) is 12.8. The lowest BCUT2D eigenvalue weighted by Crippen LogP contribution is -2.06. The van der Waals surface area contributed by atoms with E-state index in [2.05, 4.69) is 20.3 Å². The molecular formula is C17H16FN5S. The van der Waals surface area contributed by atoms with Crippen molar-refractivity contribution >= 4 is 29.3 Å². The summed E-state index contributed by atoms with van der Waals surface area (Å²) in [5.41, 5.74) is 7.55. The summed E-state index contributed by atoms with van der Waals surface area (Å²) >= 11 is 1.59. The van der Waals surface area contributed by atoms with Gasteiger partial charge in [-0.2, -0.15) is 15.0 Å². The quantitative estimate of drug-likeness (QED) is 0.711. The summed E-state index contributed by atoms with van der Waals surface area (Å²) in [7, 11) is 0. The summed E-state index contributed by atoms with van der Waals surface area (Å²) in [4.78, 5) is 12.6. The van der Waals surface area contributed by atoms with Crippen LogP contribution in [0, 0.1) is 5.82 Å². The molecule has 3 aromatic rings. The minimum atomic E-state index is -0.230. The van der Waals surface area contributed by atoms with Crippen molar-refractivity contribution in [1.82, 2.24) is 15.0 Å². The largest absolute Gasteiger partial charge is 0.368 e. The Balaban J connectivity index is 1.63. The highest BCUT2D eigenvalue weighted by atomic mass is 32.2. The molecule has 0 aliphatic rings. The Morgan fingerprint density at radius 3 is 2.58 bits per heavy atom. The third-order valence-electron chi connectivity index (χ3n) is 3.12. The number of benzene rings is 2. The van der Waals surface area contributed by atoms with Crippen LogP contribution in [0.1, 0.15) is 11.4 Å². The standard InChI is InChI=1S/C17H16FN5S/c18-13-6-4-5-12(9-13)10-24-11-15-21-16(19)23-17(22-15)20-14-7-2-1-3-8-14/h1-9H,10-11H2,(H3,19,20,21,22,23). The van der Waals surface area contributed by atoms with Crippen LogP contribution in [0.2, 0.25) is 0 Å². The van der Waals surface area contributed by atoms with Crippen molar-refractivity contribution in [1.29, 1.82) is 0 Å². The average Bonchev–Trinajstić information content (AvgIpc) is 2.55. The van der Waals surface area contributed by atoms with Crippen molar-refractivity contribution in [3.8, 4) is 0 Å². The van der Waals surface area contributed by atoms with E-state index in [0.29, 0.717) is 23.3 Å². The van der Waals surface area contributed by atoms with Gasteiger partial charge in [0.05, 0.1) is 5.75 Å². The van der Waals surface area contributed by atoms with Crippen molar-refractivity contribution in [3.05, 3.63) is 71.8 Å². The Labute approximate surface area is 143 Å². The fraction of sp³-hybridized carbons (Fsp3) is 0.118. The van der Waals surface area contributed by atoms with Crippen LogP contribution >= 0.6 is 11.8 Å². The Kier molecular flexibility index (Phi) is 5.22. The van der Waals surface area contributed by atoms with Crippen molar-refractivity contribution < 1.29 is 4.39 Å². The van der Waals surface area contributed by atoms with E-state index in [1.165, 1.54) is 12.1 Å². The zero-order valence-corrected chi connectivity index (χ0v) is 13.6. The maximum absolute atomic E-state index is 13.2. The van der Waals surface area contributed by atoms with Crippen LogP contribution in [0.15, 0.2) is 54.6 Å². The second-order valence-corrected chi connectivity index (χ2v) is 6.03. The van der Waals surface area contributed by atoms with Crippen LogP contribution in [0.25, 0.3) is 0 Å². The summed E-state index contributed by atoms with van der Waals surface area (Å²) in [6.45, 7) is 0. The third kappa shape index (κ3) is 4.66. The van der Waals surface area contributed by atoms with Gasteiger partial charge < -0.3 is 11.1 Å². The number of anilines is 3. The number of aromatic nitrogens is 3. The predicted molar refractivity (Wildman–Crippen MR) is 95.4 cm³/mol. The molecule has 0 spiro atoms. The fourth-order valence-corrected chi connectivity index (χ4v) is 2.92. The van der Waals surface area contributed by atoms with Crippen molar-refractivity contribution in [2.45, 2.75) is 11.5 Å². The molecule has 0 unspecified atom stereocenters. The lowest BCUT2D eigenvalue weighted by Gasteiger charge is -2.07. The molecule has 0 fully saturated rings. The molecule has 0 amide bonds. The van der Waals surface area contributed by atoms with Crippen molar-refractivity contribution in [2.24, 2.45) is 0 Å². The highest BCUT2D eigenvalue weighted by molar-refractivity contribution is 7.97. The SMILES string of the molecule is Nc1nc(CSCc2cccc(F)c2)nc(Nc2ccccc2)n1. The smallest absolute Gasteiger partial charge is 0.232 e. The van der Waals surface area contributed by atoms with E-state index in [1.54, 1.807) is 17.8 Å². The van der Waals surface area contributed by atoms with E-state index in [4.69, 9.17) is 5.73 Å². The van der Waals surface area contributed by atoms with E-state index < -0.39 is 0 Å². The number of thioether (sulfide) groups is 1. The zero-order chi connectivity index (χ0) is 16.8. The number of para-hydroxylation sites is 1. The van der Waals surface area contributed by atoms with E-state index in [0.717, 1.165) is 11.3 Å². The normalized spacial score (nSPS) is 10.5. The molecule has 0 bridgehead atoms. The minimum absolute atomic E-state index is 0.171. The summed E-state index contributed by atoms with van der Waals surface area (Å²) in [5, 5.41) is 3.10. The molecule has 1 heterocycles. The second kappa shape index (κ2) is 7.74. The van der Waals surface area contributed by atoms with Gasteiger partial charge in [0, 0.05) is 11.4 Å². The molecule has 0 saturated heterocycles. The topological polar surface area (TPSA) is 76.7 Å². The molecule has 3 rings (SSSR count). The first-order valence-electron chi connectivity index (χ1n) is 7.34. The maximum atomic E-state index is 13.2. The summed E-state index contributed by atoms with van der Waals surface area (Å²) in [6.07, 6.45) is 0. The van der Waals surface area contributed by atoms with Gasteiger partial charge in [-0.3, -0.25) is 0 Å². The second-order valence-electron chi connectivity index (χ2n) is 5.05. The number of nitrogens with zero attached hydrogens (tertiary/aromatic N) is 3. The number of nitrogens with two attached hydrogens (primary N) is 1. The average molecular weight is 341 g/mol. The van der Waals surface area contributed by atoms with Gasteiger partial charge in [0.15, 0.2) is 0 Å². The number of hydrogen-bond donors (Lipinski definition) is 2. The molecule has 0 aliphatic carbocycles. The Morgan fingerprint density at radius 1 is 0.958 bits per heavy atom. The number of nitrogens with one attached hydrogen (secondary N) is 1. The molecule has 0 saturated carbocycles. The summed E-state index contributed by atoms with van der Waals surface area (Å²) < 4.78 is 13.2. The number of halogens is 1. The number of nitrogen functional groups attached to an aromatic ring is 1. The molecule has 0 aliphatic heterocycles. The lowest BCUT2D eigenvalue weighted by atomic mass is 10.2. The van der Waals surface area contributed by atoms with Gasteiger partial charge in [0.25, 0.3) is 0 Å². The van der Waals surface area contributed by atoms with E-state index in [1.807, 2.05) is 36.4 Å². The van der Waals surface area contributed by atoms with Crippen LogP contribution in [-0.4, -0.2) is 15.0 Å². The fourth-order valence-electron chi connectivity index (χ4n) is 2.10. The van der Waals surface area contributed by atoms with Gasteiger partial charge in [0.1, 0.15) is 11.6 Å². The number of rotatable bonds is 6. The van der Waals surface area contributed by atoms with Gasteiger partial charge in [-0.1, -0.05) is 30.3 Å². The number of hydrogen-bond acceptors (Lipinski definition) is 6. The summed E-state index contributed by atoms with van der Waals surface area (Å²) in [5.74, 6) is 2.17. The Bertz CT molecular complexity index is 813. The van der Waals surface area contributed by atoms with Crippen molar-refractivity contribution in [3.63, 3.8) is 0 Å². The maximum Gasteiger partial charge on any atom is 0.232 e. The van der Waals surface area contributed by atoms with E-state index in [9.17, 15) is 4.39 Å². The first-order chi connectivity index (χ1) is 11.7. The monoisotopic (exact) mass is 341 g/mol. The summed E-state index contributed by atoms with van der Waals surface area (Å²) in [6, 6.07) is 16.2. The first-order valence-corrected chi connectivity index (χ1v) is 8.49. The van der Waals surface area contributed by atoms with E-state index in [-0.39, 0.29) is 11.8 Å². The minimum Gasteiger partial charge on any atom is -0.368 e. The molecule has 0 radical (unpaired) electrons. The van der Waals surface area contributed by atoms with Crippen LogP contribution in [-0.2, 0) is 11.5 Å². The molecule has 24 heavy (non-hydrogen) atoms. The molecule has 1 aromatic heterocycles. The molecule has 7 heteroatoms. The molecule has 3 N–H and O–H groups in total. The molecular weight excluding hydrogens is 325 g/mol. The van der Waals surface area contributed by atoms with Crippen LogP contribution in [0.4, 0.5) is 22.0 Å². The van der Waals surface area contributed by atoms with Crippen LogP contribution in [0.5, 0.6) is 0 Å². The van der Waals surface area contributed by atoms with Gasteiger partial charge in [0.2, 0.25) is 11.9 Å². The van der Waals surface area contributed by atoms with Gasteiger partial charge in [-0.15, -0.1) is 11.8 Å². The Hall–Kier alpha value is -2.67. The van der Waals surface area contributed by atoms with Gasteiger partial charge in [-0.25, -0.2) is 4.39 Å². The van der Waals surface area contributed by atoms with Crippen molar-refractivity contribution in [2.75, 3.05) is 11.1 Å². The highest BCUT2D eigenvalue weighted by Gasteiger charge is 2.06. The lowest BCUT2D eigenvalue weighted by molar-refractivity contribution is 0.626. The molecule has 0 atom stereocenters. The van der Waals surface area contributed by atoms with Crippen LogP contribution in [0.3, 0.4) is 0 Å².